The molecule has 2 heterocycles. The van der Waals surface area contributed by atoms with E-state index in [9.17, 15) is 9.50 Å². The Balaban J connectivity index is 1.50. The average molecular weight is 635 g/mol. The van der Waals surface area contributed by atoms with Gasteiger partial charge in [-0.3, -0.25) is 0 Å². The standard InChI is InChI=1S/C42H48F2N2O/c1-7-27-45-35-21-11-9-18-32(35)40(3,4)37(45)24-23-29-15-13-16-30(38(29)31-17-14-20-34(43)39(31)44)25-26-42(47)41(5,6)33-19-10-12-22-36(33)46(42)28-8-2/h9-12,14,17-26,47H,7-8,13,15-16,27-28H2,1-6H3/b26-25+,29-23+,37-24+. The molecule has 3 aromatic rings. The fourth-order valence-electron chi connectivity index (χ4n) is 8.07. The van der Waals surface area contributed by atoms with Gasteiger partial charge in [0.15, 0.2) is 17.4 Å². The lowest BCUT2D eigenvalue weighted by atomic mass is 9.76. The molecule has 0 aromatic heterocycles. The molecule has 1 unspecified atom stereocenters. The minimum atomic E-state index is -1.30. The van der Waals surface area contributed by atoms with Gasteiger partial charge in [0, 0.05) is 46.6 Å². The molecule has 1 aliphatic carbocycles. The number of aliphatic hydroxyl groups is 1. The van der Waals surface area contributed by atoms with Gasteiger partial charge in [-0.15, -0.1) is 0 Å². The van der Waals surface area contributed by atoms with Crippen LogP contribution in [-0.2, 0) is 10.8 Å². The van der Waals surface area contributed by atoms with Crippen LogP contribution in [0.2, 0.25) is 0 Å². The van der Waals surface area contributed by atoms with Crippen molar-refractivity contribution in [3.05, 3.63) is 136 Å². The summed E-state index contributed by atoms with van der Waals surface area (Å²) in [6, 6.07) is 21.2. The summed E-state index contributed by atoms with van der Waals surface area (Å²) in [5.41, 5.74) is 6.62. The third-order valence-electron chi connectivity index (χ3n) is 10.6. The van der Waals surface area contributed by atoms with Gasteiger partial charge < -0.3 is 14.9 Å². The summed E-state index contributed by atoms with van der Waals surface area (Å²) < 4.78 is 30.5. The highest BCUT2D eigenvalue weighted by Gasteiger charge is 2.54. The molecule has 3 aliphatic rings. The molecule has 47 heavy (non-hydrogen) atoms. The first kappa shape index (κ1) is 33.0. The van der Waals surface area contributed by atoms with Crippen molar-refractivity contribution < 1.29 is 13.9 Å². The lowest BCUT2D eigenvalue weighted by molar-refractivity contribution is 0.0295. The van der Waals surface area contributed by atoms with Crippen molar-refractivity contribution in [2.45, 2.75) is 90.2 Å². The van der Waals surface area contributed by atoms with Crippen LogP contribution in [0.5, 0.6) is 0 Å². The molecule has 3 aromatic carbocycles. The number of para-hydroxylation sites is 2. The van der Waals surface area contributed by atoms with Crippen molar-refractivity contribution in [3.63, 3.8) is 0 Å². The molecule has 6 rings (SSSR count). The molecule has 0 spiro atoms. The first-order valence-electron chi connectivity index (χ1n) is 17.2. The topological polar surface area (TPSA) is 26.7 Å². The van der Waals surface area contributed by atoms with E-state index in [-0.39, 0.29) is 11.0 Å². The van der Waals surface area contributed by atoms with E-state index in [1.165, 1.54) is 23.0 Å². The Kier molecular flexibility index (Phi) is 8.82. The zero-order chi connectivity index (χ0) is 33.6. The second kappa shape index (κ2) is 12.6. The summed E-state index contributed by atoms with van der Waals surface area (Å²) in [5.74, 6) is -1.70. The molecule has 0 saturated heterocycles. The van der Waals surface area contributed by atoms with E-state index in [4.69, 9.17) is 0 Å². The van der Waals surface area contributed by atoms with Crippen molar-refractivity contribution in [2.75, 3.05) is 22.9 Å². The molecule has 5 heteroatoms. The molecule has 0 saturated carbocycles. The maximum absolute atomic E-state index is 15.7. The summed E-state index contributed by atoms with van der Waals surface area (Å²) in [5, 5.41) is 12.5. The Morgan fingerprint density at radius 1 is 0.787 bits per heavy atom. The van der Waals surface area contributed by atoms with Crippen LogP contribution in [0.1, 0.15) is 90.3 Å². The molecule has 3 nitrogen and oxygen atoms in total. The van der Waals surface area contributed by atoms with Crippen molar-refractivity contribution in [3.8, 4) is 0 Å². The normalized spacial score (nSPS) is 23.3. The predicted octanol–water partition coefficient (Wildman–Crippen LogP) is 10.4. The van der Waals surface area contributed by atoms with Crippen LogP contribution < -0.4 is 9.80 Å². The lowest BCUT2D eigenvalue weighted by Crippen LogP contribution is -2.54. The second-order valence-corrected chi connectivity index (χ2v) is 14.2. The summed E-state index contributed by atoms with van der Waals surface area (Å²) in [7, 11) is 0. The molecule has 1 N–H and O–H groups in total. The summed E-state index contributed by atoms with van der Waals surface area (Å²) >= 11 is 0. The van der Waals surface area contributed by atoms with Gasteiger partial charge in [-0.05, 0) is 90.3 Å². The molecule has 1 atom stereocenters. The number of fused-ring (bicyclic) bond motifs is 2. The van der Waals surface area contributed by atoms with Gasteiger partial charge in [-0.2, -0.15) is 0 Å². The van der Waals surface area contributed by atoms with Crippen LogP contribution >= 0.6 is 0 Å². The molecular weight excluding hydrogens is 586 g/mol. The smallest absolute Gasteiger partial charge is 0.167 e. The fraction of sp³-hybridized carbons (Fsp3) is 0.381. The number of hydrogen-bond donors (Lipinski definition) is 1. The zero-order valence-corrected chi connectivity index (χ0v) is 28.7. The Bertz CT molecular complexity index is 1800. The fourth-order valence-corrected chi connectivity index (χ4v) is 8.07. The maximum atomic E-state index is 15.7. The van der Waals surface area contributed by atoms with E-state index in [0.717, 1.165) is 60.2 Å². The number of hydrogen-bond acceptors (Lipinski definition) is 3. The lowest BCUT2D eigenvalue weighted by Gasteiger charge is -2.41. The van der Waals surface area contributed by atoms with E-state index < -0.39 is 22.8 Å². The third kappa shape index (κ3) is 5.37. The number of nitrogens with zero attached hydrogens (tertiary/aromatic N) is 2. The van der Waals surface area contributed by atoms with Crippen LogP contribution in [0.15, 0.2) is 108 Å². The van der Waals surface area contributed by atoms with Crippen LogP contribution in [0.4, 0.5) is 20.2 Å². The SMILES string of the molecule is CCCN1/C(=C/C=C2\CCCC(/C=C/C3(O)N(CCC)c4ccccc4C3(C)C)=C2c2cccc(F)c2F)C(C)(C)c2ccccc21. The first-order chi connectivity index (χ1) is 22.5. The summed E-state index contributed by atoms with van der Waals surface area (Å²) in [4.78, 5) is 4.49. The highest BCUT2D eigenvalue weighted by Crippen LogP contribution is 2.52. The number of allylic oxidation sites excluding steroid dienone is 7. The number of benzene rings is 3. The first-order valence-corrected chi connectivity index (χ1v) is 17.2. The van der Waals surface area contributed by atoms with E-state index >= 15 is 4.39 Å². The van der Waals surface area contributed by atoms with E-state index in [0.29, 0.717) is 13.0 Å². The molecule has 2 aliphatic heterocycles. The van der Waals surface area contributed by atoms with Gasteiger partial charge >= 0.3 is 0 Å². The minimum Gasteiger partial charge on any atom is -0.366 e. The van der Waals surface area contributed by atoms with E-state index in [1.807, 2.05) is 24.3 Å². The van der Waals surface area contributed by atoms with E-state index in [1.54, 1.807) is 12.1 Å². The molecule has 0 fully saturated rings. The molecule has 246 valence electrons. The number of halogens is 2. The maximum Gasteiger partial charge on any atom is 0.167 e. The third-order valence-corrected chi connectivity index (χ3v) is 10.6. The molecular formula is C42H48F2N2O. The number of rotatable bonds is 8. The van der Waals surface area contributed by atoms with Crippen molar-refractivity contribution in [1.82, 2.24) is 0 Å². The van der Waals surface area contributed by atoms with Gasteiger partial charge in [-0.1, -0.05) is 102 Å². The summed E-state index contributed by atoms with van der Waals surface area (Å²) in [6.07, 6.45) is 12.4. The Morgan fingerprint density at radius 3 is 2.19 bits per heavy atom. The molecule has 0 radical (unpaired) electrons. The van der Waals surface area contributed by atoms with Gasteiger partial charge in [0.25, 0.3) is 0 Å². The van der Waals surface area contributed by atoms with Crippen molar-refractivity contribution in [2.24, 2.45) is 0 Å². The van der Waals surface area contributed by atoms with Crippen LogP contribution in [0.25, 0.3) is 5.57 Å². The minimum absolute atomic E-state index is 0.205. The zero-order valence-electron chi connectivity index (χ0n) is 28.7. The van der Waals surface area contributed by atoms with Crippen molar-refractivity contribution in [1.29, 1.82) is 0 Å². The number of anilines is 2. The van der Waals surface area contributed by atoms with Gasteiger partial charge in [0.1, 0.15) is 0 Å². The quantitative estimate of drug-likeness (QED) is 0.267. The Hall–Kier alpha value is -3.96. The van der Waals surface area contributed by atoms with Crippen LogP contribution in [0.3, 0.4) is 0 Å². The average Bonchev–Trinajstić information content (AvgIpc) is 3.37. The van der Waals surface area contributed by atoms with Crippen molar-refractivity contribution >= 4 is 16.9 Å². The highest BCUT2D eigenvalue weighted by atomic mass is 19.2. The van der Waals surface area contributed by atoms with Gasteiger partial charge in [0.2, 0.25) is 0 Å². The largest absolute Gasteiger partial charge is 0.366 e. The monoisotopic (exact) mass is 634 g/mol. The van der Waals surface area contributed by atoms with E-state index in [2.05, 4.69) is 99.9 Å². The highest BCUT2D eigenvalue weighted by molar-refractivity contribution is 5.85. The van der Waals surface area contributed by atoms with Gasteiger partial charge in [-0.25, -0.2) is 8.78 Å². The Morgan fingerprint density at radius 2 is 1.47 bits per heavy atom. The van der Waals surface area contributed by atoms with Crippen LogP contribution in [-0.4, -0.2) is 23.9 Å². The molecule has 0 amide bonds. The summed E-state index contributed by atoms with van der Waals surface area (Å²) in [6.45, 7) is 14.6. The van der Waals surface area contributed by atoms with Crippen LogP contribution in [0, 0.1) is 11.6 Å². The second-order valence-electron chi connectivity index (χ2n) is 14.2. The molecule has 0 bridgehead atoms. The predicted molar refractivity (Wildman–Crippen MR) is 192 cm³/mol. The Labute approximate surface area is 279 Å². The van der Waals surface area contributed by atoms with Gasteiger partial charge in [0.05, 0.1) is 0 Å².